The Hall–Kier alpha value is -0.630. The minimum absolute atomic E-state index is 0.0615. The normalized spacial score (nSPS) is 25.3. The van der Waals surface area contributed by atoms with Crippen LogP contribution in [0.25, 0.3) is 0 Å². The summed E-state index contributed by atoms with van der Waals surface area (Å²) in [5.74, 6) is -0.0186. The summed E-state index contributed by atoms with van der Waals surface area (Å²) in [6.45, 7) is 0. The molecule has 1 heterocycles. The van der Waals surface area contributed by atoms with E-state index < -0.39 is 25.9 Å². The number of benzene rings is 1. The highest BCUT2D eigenvalue weighted by molar-refractivity contribution is 7.92. The van der Waals surface area contributed by atoms with Gasteiger partial charge in [0.05, 0.1) is 16.4 Å². The second-order valence-corrected chi connectivity index (χ2v) is 10.1. The second kappa shape index (κ2) is 5.22. The van der Waals surface area contributed by atoms with Gasteiger partial charge in [0, 0.05) is 17.1 Å². The van der Waals surface area contributed by atoms with Gasteiger partial charge in [0.2, 0.25) is 10.0 Å². The molecule has 116 valence electrons. The van der Waals surface area contributed by atoms with Gasteiger partial charge in [-0.1, -0.05) is 17.7 Å². The fourth-order valence-corrected chi connectivity index (χ4v) is 6.75. The van der Waals surface area contributed by atoms with Gasteiger partial charge in [-0.2, -0.15) is 4.31 Å². The van der Waals surface area contributed by atoms with Crippen molar-refractivity contribution in [3.8, 4) is 0 Å². The van der Waals surface area contributed by atoms with Crippen LogP contribution in [-0.4, -0.2) is 44.7 Å². The van der Waals surface area contributed by atoms with Crippen LogP contribution in [0.15, 0.2) is 29.2 Å². The lowest BCUT2D eigenvalue weighted by Gasteiger charge is -2.27. The number of hydrogen-bond acceptors (Lipinski definition) is 4. The van der Waals surface area contributed by atoms with Crippen molar-refractivity contribution in [2.75, 3.05) is 11.5 Å². The Morgan fingerprint density at radius 1 is 1.14 bits per heavy atom. The molecular weight excluding hydrogens is 334 g/mol. The molecule has 1 aromatic carbocycles. The summed E-state index contributed by atoms with van der Waals surface area (Å²) < 4.78 is 50.4. The van der Waals surface area contributed by atoms with E-state index in [9.17, 15) is 16.8 Å². The first-order chi connectivity index (χ1) is 9.79. The Labute approximate surface area is 129 Å². The van der Waals surface area contributed by atoms with Crippen LogP contribution in [0.5, 0.6) is 0 Å². The third kappa shape index (κ3) is 3.11. The topological polar surface area (TPSA) is 71.5 Å². The largest absolute Gasteiger partial charge is 0.243 e. The van der Waals surface area contributed by atoms with Crippen LogP contribution in [0.3, 0.4) is 0 Å². The molecule has 1 atom stereocenters. The molecule has 3 rings (SSSR count). The first-order valence-electron chi connectivity index (χ1n) is 6.79. The predicted octanol–water partition coefficient (Wildman–Crippen LogP) is 1.68. The molecule has 1 saturated carbocycles. The number of rotatable bonds is 4. The first kappa shape index (κ1) is 15.3. The SMILES string of the molecule is O=S1(=O)CC[C@@H](N(C2CC2)S(=O)(=O)c2cccc(Cl)c2)C1. The molecule has 5 nitrogen and oxygen atoms in total. The van der Waals surface area contributed by atoms with Crippen molar-refractivity contribution < 1.29 is 16.8 Å². The molecule has 1 aromatic rings. The molecule has 0 radical (unpaired) electrons. The average Bonchev–Trinajstić information content (AvgIpc) is 3.14. The summed E-state index contributed by atoms with van der Waals surface area (Å²) in [7, 11) is -6.84. The lowest BCUT2D eigenvalue weighted by atomic mass is 10.2. The summed E-state index contributed by atoms with van der Waals surface area (Å²) in [6, 6.07) is 5.59. The van der Waals surface area contributed by atoms with Crippen molar-refractivity contribution in [3.05, 3.63) is 29.3 Å². The maximum absolute atomic E-state index is 12.8. The molecule has 21 heavy (non-hydrogen) atoms. The number of halogens is 1. The summed E-state index contributed by atoms with van der Waals surface area (Å²) >= 11 is 5.88. The summed E-state index contributed by atoms with van der Waals surface area (Å²) in [4.78, 5) is 0.131. The summed E-state index contributed by atoms with van der Waals surface area (Å²) in [5, 5.41) is 0.353. The highest BCUT2D eigenvalue weighted by Gasteiger charge is 2.46. The van der Waals surface area contributed by atoms with Crippen LogP contribution in [0.4, 0.5) is 0 Å². The van der Waals surface area contributed by atoms with Crippen molar-refractivity contribution in [1.82, 2.24) is 4.31 Å². The van der Waals surface area contributed by atoms with Crippen LogP contribution >= 0.6 is 11.6 Å². The summed E-state index contributed by atoms with van der Waals surface area (Å²) in [6.07, 6.45) is 1.95. The average molecular weight is 350 g/mol. The Bertz CT molecular complexity index is 756. The van der Waals surface area contributed by atoms with E-state index in [4.69, 9.17) is 11.6 Å². The van der Waals surface area contributed by atoms with Gasteiger partial charge in [0.15, 0.2) is 9.84 Å². The van der Waals surface area contributed by atoms with E-state index in [1.165, 1.54) is 16.4 Å². The molecular formula is C13H16ClNO4S2. The molecule has 0 unspecified atom stereocenters. The number of hydrogen-bond donors (Lipinski definition) is 0. The zero-order chi connectivity index (χ0) is 15.3. The lowest BCUT2D eigenvalue weighted by Crippen LogP contribution is -2.42. The van der Waals surface area contributed by atoms with Gasteiger partial charge in [0.25, 0.3) is 0 Å². The zero-order valence-electron chi connectivity index (χ0n) is 11.3. The van der Waals surface area contributed by atoms with E-state index >= 15 is 0 Å². The maximum atomic E-state index is 12.8. The van der Waals surface area contributed by atoms with E-state index in [0.29, 0.717) is 11.4 Å². The van der Waals surface area contributed by atoms with Gasteiger partial charge < -0.3 is 0 Å². The van der Waals surface area contributed by atoms with Crippen LogP contribution < -0.4 is 0 Å². The van der Waals surface area contributed by atoms with Crippen molar-refractivity contribution in [2.24, 2.45) is 0 Å². The van der Waals surface area contributed by atoms with E-state index in [0.717, 1.165) is 12.8 Å². The van der Waals surface area contributed by atoms with E-state index in [-0.39, 0.29) is 22.4 Å². The van der Waals surface area contributed by atoms with Crippen molar-refractivity contribution in [2.45, 2.75) is 36.2 Å². The van der Waals surface area contributed by atoms with Gasteiger partial charge in [-0.3, -0.25) is 0 Å². The van der Waals surface area contributed by atoms with E-state index in [1.54, 1.807) is 12.1 Å². The molecule has 8 heteroatoms. The highest BCUT2D eigenvalue weighted by Crippen LogP contribution is 2.37. The molecule has 0 aromatic heterocycles. The Kier molecular flexibility index (Phi) is 3.80. The van der Waals surface area contributed by atoms with Gasteiger partial charge in [0.1, 0.15) is 0 Å². The number of nitrogens with zero attached hydrogens (tertiary/aromatic N) is 1. The first-order valence-corrected chi connectivity index (χ1v) is 10.4. The van der Waals surface area contributed by atoms with Crippen molar-refractivity contribution in [1.29, 1.82) is 0 Å². The maximum Gasteiger partial charge on any atom is 0.243 e. The third-order valence-corrected chi connectivity index (χ3v) is 7.83. The van der Waals surface area contributed by atoms with Gasteiger partial charge in [-0.15, -0.1) is 0 Å². The molecule has 0 N–H and O–H groups in total. The van der Waals surface area contributed by atoms with Gasteiger partial charge in [-0.25, -0.2) is 16.8 Å². The third-order valence-electron chi connectivity index (χ3n) is 3.85. The van der Waals surface area contributed by atoms with Crippen LogP contribution in [0.2, 0.25) is 5.02 Å². The second-order valence-electron chi connectivity index (χ2n) is 5.58. The standard InChI is InChI=1S/C13H16ClNO4S2/c14-10-2-1-3-13(8-10)21(18,19)15(11-4-5-11)12-6-7-20(16,17)9-12/h1-3,8,11-12H,4-7,9H2/t12-/m1/s1. The van der Waals surface area contributed by atoms with Crippen molar-refractivity contribution >= 4 is 31.5 Å². The minimum Gasteiger partial charge on any atom is -0.229 e. The van der Waals surface area contributed by atoms with Crippen LogP contribution in [0.1, 0.15) is 19.3 Å². The minimum atomic E-state index is -3.71. The summed E-state index contributed by atoms with van der Waals surface area (Å²) in [5.41, 5.74) is 0. The Morgan fingerprint density at radius 2 is 1.86 bits per heavy atom. The number of sulfonamides is 1. The predicted molar refractivity (Wildman–Crippen MR) is 80.6 cm³/mol. The molecule has 2 fully saturated rings. The fourth-order valence-electron chi connectivity index (χ4n) is 2.74. The smallest absolute Gasteiger partial charge is 0.229 e. The highest BCUT2D eigenvalue weighted by atomic mass is 35.5. The van der Waals surface area contributed by atoms with E-state index in [1.807, 2.05) is 0 Å². The van der Waals surface area contributed by atoms with Gasteiger partial charge in [-0.05, 0) is 37.5 Å². The zero-order valence-corrected chi connectivity index (χ0v) is 13.7. The number of sulfone groups is 1. The monoisotopic (exact) mass is 349 g/mol. The quantitative estimate of drug-likeness (QED) is 0.829. The molecule has 1 aliphatic carbocycles. The van der Waals surface area contributed by atoms with Gasteiger partial charge >= 0.3 is 0 Å². The van der Waals surface area contributed by atoms with E-state index in [2.05, 4.69) is 0 Å². The van der Waals surface area contributed by atoms with Crippen LogP contribution in [-0.2, 0) is 19.9 Å². The Balaban J connectivity index is 1.98. The molecule has 0 bridgehead atoms. The molecule has 0 amide bonds. The Morgan fingerprint density at radius 3 is 2.38 bits per heavy atom. The molecule has 0 spiro atoms. The fraction of sp³-hybridized carbons (Fsp3) is 0.538. The van der Waals surface area contributed by atoms with Crippen molar-refractivity contribution in [3.63, 3.8) is 0 Å². The van der Waals surface area contributed by atoms with Crippen LogP contribution in [0, 0.1) is 0 Å². The molecule has 1 aliphatic heterocycles. The molecule has 1 saturated heterocycles. The molecule has 2 aliphatic rings. The lowest BCUT2D eigenvalue weighted by molar-refractivity contribution is 0.332.